The molecule has 0 atom stereocenters. The molecule has 0 aliphatic rings. The molecule has 0 radical (unpaired) electrons. The van der Waals surface area contributed by atoms with E-state index in [9.17, 15) is 18.0 Å². The monoisotopic (exact) mass is 271 g/mol. The summed E-state index contributed by atoms with van der Waals surface area (Å²) in [5, 5.41) is 13.2. The Kier molecular flexibility index (Phi) is 4.89. The molecular weight excluding hydrogens is 259 g/mol. The van der Waals surface area contributed by atoms with E-state index in [-0.39, 0.29) is 0 Å². The van der Waals surface area contributed by atoms with Gasteiger partial charge in [0.15, 0.2) is 0 Å². The number of anilines is 1. The molecule has 4 nitrogen and oxygen atoms in total. The van der Waals surface area contributed by atoms with Crippen LogP contribution in [0.4, 0.5) is 18.9 Å². The third-order valence-corrected chi connectivity index (χ3v) is 2.25. The number of hydrogen-bond acceptors (Lipinski definition) is 3. The predicted octanol–water partition coefficient (Wildman–Crippen LogP) is 1.96. The van der Waals surface area contributed by atoms with Gasteiger partial charge in [-0.05, 0) is 24.6 Å². The Hall–Kier alpha value is -2.07. The SMILES string of the molecule is Cc1ccc(C#N)cc1NC(=O)CNCC(F)(F)F. The van der Waals surface area contributed by atoms with E-state index in [1.54, 1.807) is 19.1 Å². The van der Waals surface area contributed by atoms with Gasteiger partial charge in [0.25, 0.3) is 0 Å². The first-order chi connectivity index (χ1) is 8.81. The van der Waals surface area contributed by atoms with Gasteiger partial charge in [0, 0.05) is 5.69 Å². The van der Waals surface area contributed by atoms with Gasteiger partial charge in [0.2, 0.25) is 5.91 Å². The zero-order valence-corrected chi connectivity index (χ0v) is 10.1. The van der Waals surface area contributed by atoms with E-state index in [0.29, 0.717) is 11.3 Å². The van der Waals surface area contributed by atoms with Gasteiger partial charge in [-0.25, -0.2) is 0 Å². The Morgan fingerprint density at radius 3 is 2.68 bits per heavy atom. The first-order valence-corrected chi connectivity index (χ1v) is 5.40. The molecule has 0 heterocycles. The molecule has 0 fully saturated rings. The van der Waals surface area contributed by atoms with Crippen LogP contribution in [0.1, 0.15) is 11.1 Å². The second-order valence-corrected chi connectivity index (χ2v) is 3.91. The average Bonchev–Trinajstić information content (AvgIpc) is 2.30. The van der Waals surface area contributed by atoms with Crippen LogP contribution in [0.3, 0.4) is 0 Å². The van der Waals surface area contributed by atoms with Crippen molar-refractivity contribution in [2.75, 3.05) is 18.4 Å². The van der Waals surface area contributed by atoms with E-state index in [2.05, 4.69) is 5.32 Å². The van der Waals surface area contributed by atoms with Crippen molar-refractivity contribution in [1.82, 2.24) is 5.32 Å². The molecule has 0 aliphatic carbocycles. The Labute approximate surface area is 108 Å². The predicted molar refractivity (Wildman–Crippen MR) is 63.4 cm³/mol. The van der Waals surface area contributed by atoms with Crippen LogP contribution in [0.2, 0.25) is 0 Å². The Morgan fingerprint density at radius 2 is 2.11 bits per heavy atom. The van der Waals surface area contributed by atoms with Gasteiger partial charge in [0.05, 0.1) is 24.7 Å². The average molecular weight is 271 g/mol. The summed E-state index contributed by atoms with van der Waals surface area (Å²) in [5.41, 5.74) is 1.50. The van der Waals surface area contributed by atoms with Crippen molar-refractivity contribution >= 4 is 11.6 Å². The second kappa shape index (κ2) is 6.20. The van der Waals surface area contributed by atoms with E-state index < -0.39 is 25.2 Å². The number of carbonyl (C=O) groups is 1. The number of alkyl halides is 3. The fraction of sp³-hybridized carbons (Fsp3) is 0.333. The molecule has 0 aliphatic heterocycles. The molecule has 7 heteroatoms. The fourth-order valence-electron chi connectivity index (χ4n) is 1.34. The maximum absolute atomic E-state index is 11.9. The van der Waals surface area contributed by atoms with Crippen molar-refractivity contribution in [2.45, 2.75) is 13.1 Å². The van der Waals surface area contributed by atoms with Crippen molar-refractivity contribution in [3.05, 3.63) is 29.3 Å². The molecule has 0 saturated carbocycles. The lowest BCUT2D eigenvalue weighted by Crippen LogP contribution is -2.35. The quantitative estimate of drug-likeness (QED) is 0.879. The van der Waals surface area contributed by atoms with Crippen LogP contribution >= 0.6 is 0 Å². The highest BCUT2D eigenvalue weighted by molar-refractivity contribution is 5.93. The molecule has 0 aromatic heterocycles. The van der Waals surface area contributed by atoms with Crippen molar-refractivity contribution in [3.63, 3.8) is 0 Å². The summed E-state index contributed by atoms with van der Waals surface area (Å²) < 4.78 is 35.6. The van der Waals surface area contributed by atoms with E-state index in [0.717, 1.165) is 5.56 Å². The highest BCUT2D eigenvalue weighted by Gasteiger charge is 2.26. The van der Waals surface area contributed by atoms with Gasteiger partial charge in [-0.1, -0.05) is 6.07 Å². The smallest absolute Gasteiger partial charge is 0.325 e. The third kappa shape index (κ3) is 5.40. The van der Waals surface area contributed by atoms with E-state index >= 15 is 0 Å². The van der Waals surface area contributed by atoms with Crippen LogP contribution in [-0.4, -0.2) is 25.2 Å². The molecule has 102 valence electrons. The highest BCUT2D eigenvalue weighted by atomic mass is 19.4. The highest BCUT2D eigenvalue weighted by Crippen LogP contribution is 2.16. The minimum absolute atomic E-state index is 0.365. The number of nitrogens with zero attached hydrogens (tertiary/aromatic N) is 1. The summed E-state index contributed by atoms with van der Waals surface area (Å²) in [4.78, 5) is 11.4. The molecule has 0 spiro atoms. The zero-order valence-electron chi connectivity index (χ0n) is 10.1. The number of nitriles is 1. The minimum Gasteiger partial charge on any atom is -0.325 e. The van der Waals surface area contributed by atoms with Crippen LogP contribution in [0, 0.1) is 18.3 Å². The number of amides is 1. The lowest BCUT2D eigenvalue weighted by Gasteiger charge is -2.10. The van der Waals surface area contributed by atoms with Gasteiger partial charge < -0.3 is 10.6 Å². The molecule has 0 saturated heterocycles. The van der Waals surface area contributed by atoms with Crippen LogP contribution in [0.15, 0.2) is 18.2 Å². The number of halogens is 3. The standard InChI is InChI=1S/C12H12F3N3O/c1-8-2-3-9(5-16)4-10(8)18-11(19)6-17-7-12(13,14)15/h2-4,17H,6-7H2,1H3,(H,18,19). The topological polar surface area (TPSA) is 64.9 Å². The van der Waals surface area contributed by atoms with Crippen LogP contribution in [0.25, 0.3) is 0 Å². The molecule has 19 heavy (non-hydrogen) atoms. The summed E-state index contributed by atoms with van der Waals surface area (Å²) in [6, 6.07) is 6.62. The molecule has 1 rings (SSSR count). The van der Waals surface area contributed by atoms with Crippen molar-refractivity contribution < 1.29 is 18.0 Å². The molecule has 1 aromatic carbocycles. The number of rotatable bonds is 4. The van der Waals surface area contributed by atoms with Gasteiger partial charge >= 0.3 is 6.18 Å². The summed E-state index contributed by atoms with van der Waals surface area (Å²) in [6.45, 7) is 0.0489. The summed E-state index contributed by atoms with van der Waals surface area (Å²) in [6.07, 6.45) is -4.35. The molecule has 0 unspecified atom stereocenters. The maximum atomic E-state index is 11.9. The summed E-state index contributed by atoms with van der Waals surface area (Å²) in [7, 11) is 0. The molecule has 0 bridgehead atoms. The molecule has 1 amide bonds. The van der Waals surface area contributed by atoms with Crippen molar-refractivity contribution in [2.24, 2.45) is 0 Å². The van der Waals surface area contributed by atoms with E-state index in [1.807, 2.05) is 11.4 Å². The number of hydrogen-bond donors (Lipinski definition) is 2. The number of aryl methyl sites for hydroxylation is 1. The zero-order chi connectivity index (χ0) is 14.5. The van der Waals surface area contributed by atoms with Gasteiger partial charge in [-0.2, -0.15) is 18.4 Å². The summed E-state index contributed by atoms with van der Waals surface area (Å²) >= 11 is 0. The van der Waals surface area contributed by atoms with E-state index in [4.69, 9.17) is 5.26 Å². The number of carbonyl (C=O) groups excluding carboxylic acids is 1. The fourth-order valence-corrected chi connectivity index (χ4v) is 1.34. The Balaban J connectivity index is 2.55. The van der Waals surface area contributed by atoms with Crippen LogP contribution in [0.5, 0.6) is 0 Å². The van der Waals surface area contributed by atoms with Crippen molar-refractivity contribution in [1.29, 1.82) is 5.26 Å². The second-order valence-electron chi connectivity index (χ2n) is 3.91. The third-order valence-electron chi connectivity index (χ3n) is 2.25. The number of nitrogens with one attached hydrogen (secondary N) is 2. The Bertz CT molecular complexity index is 506. The first-order valence-electron chi connectivity index (χ1n) is 5.40. The van der Waals surface area contributed by atoms with Gasteiger partial charge in [-0.15, -0.1) is 0 Å². The molecule has 2 N–H and O–H groups in total. The molecular formula is C12H12F3N3O. The van der Waals surface area contributed by atoms with Crippen LogP contribution in [-0.2, 0) is 4.79 Å². The lowest BCUT2D eigenvalue weighted by molar-refractivity contribution is -0.126. The minimum atomic E-state index is -4.35. The number of benzene rings is 1. The van der Waals surface area contributed by atoms with Crippen LogP contribution < -0.4 is 10.6 Å². The van der Waals surface area contributed by atoms with Crippen molar-refractivity contribution in [3.8, 4) is 6.07 Å². The molecule has 1 aromatic rings. The maximum Gasteiger partial charge on any atom is 0.401 e. The van der Waals surface area contributed by atoms with Gasteiger partial charge in [0.1, 0.15) is 0 Å². The van der Waals surface area contributed by atoms with Gasteiger partial charge in [-0.3, -0.25) is 4.79 Å². The summed E-state index contributed by atoms with van der Waals surface area (Å²) in [5.74, 6) is -0.595. The van der Waals surface area contributed by atoms with E-state index in [1.165, 1.54) is 6.07 Å². The normalized spacial score (nSPS) is 10.9. The first kappa shape index (κ1) is 15.0. The Morgan fingerprint density at radius 1 is 1.42 bits per heavy atom. The largest absolute Gasteiger partial charge is 0.401 e. The lowest BCUT2D eigenvalue weighted by atomic mass is 10.1.